The van der Waals surface area contributed by atoms with Gasteiger partial charge in [0.1, 0.15) is 49.8 Å². The van der Waals surface area contributed by atoms with Gasteiger partial charge in [-0.2, -0.15) is 0 Å². The van der Waals surface area contributed by atoms with Crippen molar-refractivity contribution < 1.29 is 47.4 Å². The zero-order chi connectivity index (χ0) is 39.0. The maximum absolute atomic E-state index is 6.93. The van der Waals surface area contributed by atoms with Gasteiger partial charge in [0, 0.05) is 0 Å². The molecule has 58 heavy (non-hydrogen) atoms. The zero-order valence-electron chi connectivity index (χ0n) is 32.5. The van der Waals surface area contributed by atoms with E-state index in [1.165, 1.54) is 0 Å². The molecule has 0 N–H and O–H groups in total. The van der Waals surface area contributed by atoms with Gasteiger partial charge in [-0.1, -0.05) is 146 Å². The van der Waals surface area contributed by atoms with Crippen molar-refractivity contribution in [3.63, 3.8) is 0 Å². The lowest BCUT2D eigenvalue weighted by Gasteiger charge is -2.56. The number of benzene rings is 5. The Labute approximate surface area is 339 Å². The summed E-state index contributed by atoms with van der Waals surface area (Å²) < 4.78 is 67.8. The topological polar surface area (TPSA) is 92.3 Å². The maximum atomic E-state index is 6.93. The SMILES string of the molecule is c1ccc(CO[C@@H]2[C@H](OCc3ccccc3)CO[C@@]34CO[C@]5(CO3)OC[C@@H](OCc3ccccc3)[C@@H](OCc3ccccc3)[C@@H]5OCc3cccc(c3)CO[C@@H]24)cc1. The van der Waals surface area contributed by atoms with Crippen LogP contribution in [-0.4, -0.2) is 74.6 Å². The first kappa shape index (κ1) is 39.2. The van der Waals surface area contributed by atoms with E-state index >= 15 is 0 Å². The smallest absolute Gasteiger partial charge is 0.222 e. The molecule has 302 valence electrons. The van der Waals surface area contributed by atoms with E-state index in [4.69, 9.17) is 47.4 Å². The van der Waals surface area contributed by atoms with Crippen molar-refractivity contribution >= 4 is 0 Å². The van der Waals surface area contributed by atoms with Crippen LogP contribution in [-0.2, 0) is 87.0 Å². The molecule has 3 saturated heterocycles. The lowest BCUT2D eigenvalue weighted by atomic mass is 9.92. The van der Waals surface area contributed by atoms with Crippen LogP contribution in [0.1, 0.15) is 33.4 Å². The van der Waals surface area contributed by atoms with Gasteiger partial charge in [-0.25, -0.2) is 0 Å². The van der Waals surface area contributed by atoms with Crippen LogP contribution >= 0.6 is 0 Å². The van der Waals surface area contributed by atoms with Crippen LogP contribution in [0, 0.1) is 0 Å². The van der Waals surface area contributed by atoms with Crippen molar-refractivity contribution in [1.29, 1.82) is 0 Å². The summed E-state index contributed by atoms with van der Waals surface area (Å²) in [7, 11) is 0. The highest BCUT2D eigenvalue weighted by atomic mass is 16.8. The molecule has 10 heteroatoms. The number of hydrogen-bond acceptors (Lipinski definition) is 10. The van der Waals surface area contributed by atoms with Gasteiger partial charge in [-0.15, -0.1) is 0 Å². The first-order valence-corrected chi connectivity index (χ1v) is 20.1. The summed E-state index contributed by atoms with van der Waals surface area (Å²) in [6, 6.07) is 48.6. The van der Waals surface area contributed by atoms with Crippen LogP contribution < -0.4 is 0 Å². The predicted octanol–water partition coefficient (Wildman–Crippen LogP) is 7.31. The summed E-state index contributed by atoms with van der Waals surface area (Å²) in [5.41, 5.74) is 6.09. The Hall–Kier alpha value is -4.30. The molecule has 5 aliphatic rings. The Kier molecular flexibility index (Phi) is 12.4. The highest BCUT2D eigenvalue weighted by Crippen LogP contribution is 2.44. The van der Waals surface area contributed by atoms with Crippen LogP contribution in [0.15, 0.2) is 146 Å². The first-order valence-electron chi connectivity index (χ1n) is 20.1. The average molecular weight is 787 g/mol. The molecule has 10 rings (SSSR count). The molecule has 5 aliphatic heterocycles. The van der Waals surface area contributed by atoms with Crippen molar-refractivity contribution in [2.24, 2.45) is 0 Å². The molecule has 10 nitrogen and oxygen atoms in total. The van der Waals surface area contributed by atoms with Gasteiger partial charge < -0.3 is 47.4 Å². The fourth-order valence-corrected chi connectivity index (χ4v) is 8.10. The van der Waals surface area contributed by atoms with Crippen molar-refractivity contribution in [3.05, 3.63) is 179 Å². The quantitative estimate of drug-likeness (QED) is 0.128. The summed E-state index contributed by atoms with van der Waals surface area (Å²) in [6.45, 7) is 2.33. The number of ether oxygens (including phenoxy) is 10. The number of hydrogen-bond donors (Lipinski definition) is 0. The largest absolute Gasteiger partial charge is 0.368 e. The summed E-state index contributed by atoms with van der Waals surface area (Å²) in [6.07, 6.45) is -3.60. The third-order valence-electron chi connectivity index (χ3n) is 11.3. The van der Waals surface area contributed by atoms with E-state index in [0.29, 0.717) is 26.4 Å². The van der Waals surface area contributed by atoms with E-state index < -0.39 is 48.2 Å². The average Bonchev–Trinajstić information content (AvgIpc) is 3.29. The van der Waals surface area contributed by atoms with E-state index in [1.54, 1.807) is 0 Å². The van der Waals surface area contributed by atoms with Crippen molar-refractivity contribution in [1.82, 2.24) is 0 Å². The third kappa shape index (κ3) is 8.97. The second-order valence-electron chi connectivity index (χ2n) is 15.3. The normalized spacial score (nSPS) is 29.6. The Balaban J connectivity index is 1.03. The number of fused-ring (bicyclic) bond motifs is 4. The fourth-order valence-electron chi connectivity index (χ4n) is 8.10. The van der Waals surface area contributed by atoms with E-state index in [1.807, 2.05) is 140 Å². The Morgan fingerprint density at radius 1 is 0.414 bits per heavy atom. The molecule has 5 aromatic carbocycles. The molecule has 4 bridgehead atoms. The van der Waals surface area contributed by atoms with E-state index in [0.717, 1.165) is 33.4 Å². The fraction of sp³-hybridized carbons (Fsp3) is 0.375. The maximum Gasteiger partial charge on any atom is 0.222 e. The van der Waals surface area contributed by atoms with Gasteiger partial charge in [-0.3, -0.25) is 0 Å². The lowest BCUT2D eigenvalue weighted by molar-refractivity contribution is -0.460. The van der Waals surface area contributed by atoms with Gasteiger partial charge in [-0.05, 0) is 33.4 Å². The van der Waals surface area contributed by atoms with Crippen LogP contribution in [0.3, 0.4) is 0 Å². The summed E-state index contributed by atoms with van der Waals surface area (Å²) >= 11 is 0. The van der Waals surface area contributed by atoms with Gasteiger partial charge in [0.25, 0.3) is 0 Å². The van der Waals surface area contributed by atoms with E-state index in [2.05, 4.69) is 6.07 Å². The summed E-state index contributed by atoms with van der Waals surface area (Å²) in [5.74, 6) is -2.69. The van der Waals surface area contributed by atoms with E-state index in [9.17, 15) is 0 Å². The van der Waals surface area contributed by atoms with Crippen molar-refractivity contribution in [2.45, 2.75) is 87.8 Å². The first-order chi connectivity index (χ1) is 28.6. The molecule has 0 unspecified atom stereocenters. The van der Waals surface area contributed by atoms with Gasteiger partial charge in [0.2, 0.25) is 11.6 Å². The van der Waals surface area contributed by atoms with Crippen molar-refractivity contribution in [2.75, 3.05) is 26.4 Å². The zero-order valence-corrected chi connectivity index (χ0v) is 32.5. The molecule has 5 aromatic rings. The molecule has 0 aromatic heterocycles. The van der Waals surface area contributed by atoms with Gasteiger partial charge >= 0.3 is 0 Å². The van der Waals surface area contributed by atoms with Gasteiger partial charge in [0.15, 0.2) is 0 Å². The molecular weight excluding hydrogens is 737 g/mol. The molecule has 5 heterocycles. The lowest BCUT2D eigenvalue weighted by Crippen LogP contribution is -2.74. The second kappa shape index (κ2) is 18.3. The van der Waals surface area contributed by atoms with Crippen molar-refractivity contribution in [3.8, 4) is 0 Å². The minimum absolute atomic E-state index is 0.0212. The van der Waals surface area contributed by atoms with Crippen LogP contribution in [0.25, 0.3) is 0 Å². The monoisotopic (exact) mass is 786 g/mol. The van der Waals surface area contributed by atoms with Crippen LogP contribution in [0.2, 0.25) is 0 Å². The van der Waals surface area contributed by atoms with Crippen LogP contribution in [0.5, 0.6) is 0 Å². The third-order valence-corrected chi connectivity index (χ3v) is 11.3. The molecule has 0 saturated carbocycles. The molecule has 0 aliphatic carbocycles. The minimum atomic E-state index is -1.35. The number of rotatable bonds is 12. The van der Waals surface area contributed by atoms with E-state index in [-0.39, 0.29) is 39.6 Å². The molecule has 3 fully saturated rings. The predicted molar refractivity (Wildman–Crippen MR) is 213 cm³/mol. The molecule has 8 atom stereocenters. The minimum Gasteiger partial charge on any atom is -0.368 e. The Morgan fingerprint density at radius 3 is 1.14 bits per heavy atom. The Bertz CT molecular complexity index is 1870. The highest BCUT2D eigenvalue weighted by Gasteiger charge is 2.63. The summed E-state index contributed by atoms with van der Waals surface area (Å²) in [5, 5.41) is 0. The molecule has 2 spiro atoms. The second-order valence-corrected chi connectivity index (χ2v) is 15.3. The van der Waals surface area contributed by atoms with Gasteiger partial charge in [0.05, 0.1) is 52.9 Å². The summed E-state index contributed by atoms with van der Waals surface area (Å²) in [4.78, 5) is 0. The van der Waals surface area contributed by atoms with Crippen LogP contribution in [0.4, 0.5) is 0 Å². The molecule has 0 radical (unpaired) electrons. The highest BCUT2D eigenvalue weighted by molar-refractivity contribution is 5.23. The molecule has 0 amide bonds. The standard InChI is InChI=1S/C48H50O10/c1-5-14-35(15-6-1)25-49-41-31-55-47-33-58-48(34-57-47)46(44(52-28-38-20-11-4-12-21-38)42(32-56-48)50-26-36-16-7-2-8-17-36)54-30-40-23-13-22-39(24-40)29-53-45(47)43(41)51-27-37-18-9-3-10-19-37/h1-24,41-46H,25-34H2/t41-,42-,43-,44-,45+,46+,47+,48+/m1/s1. The Morgan fingerprint density at radius 2 is 0.776 bits per heavy atom. The molecular formula is C48H50O10.